The summed E-state index contributed by atoms with van der Waals surface area (Å²) in [6, 6.07) is 1.36. The van der Waals surface area contributed by atoms with Crippen molar-refractivity contribution in [3.8, 4) is 0 Å². The largest absolute Gasteiger partial charge is 0.465 e. The average molecular weight is 328 g/mol. The number of hydrogen-bond acceptors (Lipinski definition) is 5. The Hall–Kier alpha value is -0.890. The summed E-state index contributed by atoms with van der Waals surface area (Å²) in [5.41, 5.74) is 5.41. The predicted octanol–water partition coefficient (Wildman–Crippen LogP) is 0.545. The van der Waals surface area contributed by atoms with Gasteiger partial charge in [0.15, 0.2) is 0 Å². The zero-order valence-corrected chi connectivity index (χ0v) is 14.6. The molecule has 3 aliphatic heterocycles. The highest BCUT2D eigenvalue weighted by atomic mass is 16.5. The van der Waals surface area contributed by atoms with Gasteiger partial charge in [-0.05, 0) is 33.6 Å². The molecule has 0 radical (unpaired) electrons. The molecule has 0 spiro atoms. The number of likely N-dealkylation sites (tertiary alicyclic amines) is 1. The van der Waals surface area contributed by atoms with Gasteiger partial charge < -0.3 is 20.9 Å². The molecule has 3 saturated heterocycles. The van der Waals surface area contributed by atoms with Gasteiger partial charge in [0.05, 0.1) is 6.04 Å². The molecule has 3 rings (SSSR count). The molecular formula is C16H32N4O3. The number of nitrogens with one attached hydrogen (secondary N) is 1. The maximum Gasteiger partial charge on any atom is 0.408 e. The molecule has 3 fully saturated rings. The van der Waals surface area contributed by atoms with E-state index >= 15 is 0 Å². The van der Waals surface area contributed by atoms with E-state index in [-0.39, 0.29) is 11.6 Å². The highest BCUT2D eigenvalue weighted by Gasteiger charge is 2.36. The summed E-state index contributed by atoms with van der Waals surface area (Å²) < 4.78 is 5.29. The molecule has 3 aliphatic rings. The van der Waals surface area contributed by atoms with Gasteiger partial charge >= 0.3 is 6.09 Å². The van der Waals surface area contributed by atoms with Crippen LogP contribution in [0.25, 0.3) is 0 Å². The fourth-order valence-corrected chi connectivity index (χ4v) is 3.34. The van der Waals surface area contributed by atoms with Gasteiger partial charge in [0, 0.05) is 57.0 Å². The van der Waals surface area contributed by atoms with Crippen LogP contribution in [0.4, 0.5) is 4.79 Å². The molecule has 0 atom stereocenters. The van der Waals surface area contributed by atoms with Crippen molar-refractivity contribution >= 4 is 6.09 Å². The minimum Gasteiger partial charge on any atom is -0.465 e. The van der Waals surface area contributed by atoms with E-state index in [2.05, 4.69) is 10.2 Å². The van der Waals surface area contributed by atoms with Crippen molar-refractivity contribution in [3.05, 3.63) is 0 Å². The molecule has 0 aliphatic carbocycles. The van der Waals surface area contributed by atoms with Gasteiger partial charge in [-0.25, -0.2) is 4.79 Å². The van der Waals surface area contributed by atoms with Crippen molar-refractivity contribution in [2.24, 2.45) is 5.73 Å². The number of carbonyl (C=O) groups is 1. The summed E-state index contributed by atoms with van der Waals surface area (Å²) in [6.45, 7) is 11.4. The van der Waals surface area contributed by atoms with Crippen molar-refractivity contribution in [1.82, 2.24) is 15.1 Å². The van der Waals surface area contributed by atoms with Crippen LogP contribution in [-0.4, -0.2) is 84.1 Å². The molecule has 0 aromatic rings. The molecule has 23 heavy (non-hydrogen) atoms. The zero-order chi connectivity index (χ0) is 17.0. The van der Waals surface area contributed by atoms with Crippen LogP contribution in [-0.2, 0) is 4.74 Å². The molecule has 134 valence electrons. The number of nitrogens with two attached hydrogens (primary N) is 1. The van der Waals surface area contributed by atoms with E-state index in [1.54, 1.807) is 0 Å². The third kappa shape index (κ3) is 5.04. The van der Waals surface area contributed by atoms with Crippen LogP contribution in [0.1, 0.15) is 33.6 Å². The number of carboxylic acid groups (broad SMARTS) is 1. The fraction of sp³-hybridized carbons (Fsp3) is 0.938. The fourth-order valence-electron chi connectivity index (χ4n) is 3.34. The van der Waals surface area contributed by atoms with E-state index in [4.69, 9.17) is 15.6 Å². The Morgan fingerprint density at radius 3 is 2.13 bits per heavy atom. The molecule has 3 heterocycles. The van der Waals surface area contributed by atoms with E-state index in [1.165, 1.54) is 17.7 Å². The Kier molecular flexibility index (Phi) is 6.25. The van der Waals surface area contributed by atoms with Crippen LogP contribution in [0.5, 0.6) is 0 Å². The van der Waals surface area contributed by atoms with Crippen LogP contribution in [0.2, 0.25) is 0 Å². The van der Waals surface area contributed by atoms with E-state index in [0.29, 0.717) is 6.04 Å². The maximum atomic E-state index is 10.9. The monoisotopic (exact) mass is 328 g/mol. The quantitative estimate of drug-likeness (QED) is 0.685. The Bertz CT molecular complexity index is 383. The molecular weight excluding hydrogens is 296 g/mol. The smallest absolute Gasteiger partial charge is 0.408 e. The predicted molar refractivity (Wildman–Crippen MR) is 89.7 cm³/mol. The molecule has 4 N–H and O–H groups in total. The molecule has 0 unspecified atom stereocenters. The standard InChI is InChI=1S/C8H16N2O2.C8H16N2O/c1-8(2,3)10(7(11)12)6-4-9-5-6;9-7-5-10(6-7)8-1-3-11-4-2-8/h6,9H,4-5H2,1-3H3,(H,11,12);7-8H,1-6,9H2. The minimum atomic E-state index is -0.825. The van der Waals surface area contributed by atoms with Gasteiger partial charge in [-0.2, -0.15) is 0 Å². The Labute approximate surface area is 139 Å². The highest BCUT2D eigenvalue weighted by Crippen LogP contribution is 2.20. The highest BCUT2D eigenvalue weighted by molar-refractivity contribution is 5.66. The van der Waals surface area contributed by atoms with Crippen LogP contribution < -0.4 is 11.1 Å². The lowest BCUT2D eigenvalue weighted by Crippen LogP contribution is -2.63. The summed E-state index contributed by atoms with van der Waals surface area (Å²) in [5, 5.41) is 12.0. The number of hydrogen-bond donors (Lipinski definition) is 3. The van der Waals surface area contributed by atoms with Crippen LogP contribution in [0, 0.1) is 0 Å². The Balaban J connectivity index is 0.000000167. The van der Waals surface area contributed by atoms with Gasteiger partial charge in [0.25, 0.3) is 0 Å². The van der Waals surface area contributed by atoms with Gasteiger partial charge in [0.1, 0.15) is 0 Å². The van der Waals surface area contributed by atoms with E-state index in [0.717, 1.165) is 45.4 Å². The van der Waals surface area contributed by atoms with Crippen molar-refractivity contribution in [1.29, 1.82) is 0 Å². The van der Waals surface area contributed by atoms with Crippen molar-refractivity contribution < 1.29 is 14.6 Å². The van der Waals surface area contributed by atoms with E-state index < -0.39 is 6.09 Å². The topological polar surface area (TPSA) is 91.1 Å². The Morgan fingerprint density at radius 2 is 1.83 bits per heavy atom. The summed E-state index contributed by atoms with van der Waals surface area (Å²) >= 11 is 0. The second kappa shape index (κ2) is 7.79. The number of nitrogens with zero attached hydrogens (tertiary/aromatic N) is 2. The summed E-state index contributed by atoms with van der Waals surface area (Å²) in [4.78, 5) is 14.9. The molecule has 7 nitrogen and oxygen atoms in total. The maximum absolute atomic E-state index is 10.9. The third-order valence-electron chi connectivity index (χ3n) is 4.70. The Morgan fingerprint density at radius 1 is 1.26 bits per heavy atom. The van der Waals surface area contributed by atoms with Gasteiger partial charge in [-0.1, -0.05) is 0 Å². The number of rotatable bonds is 2. The van der Waals surface area contributed by atoms with Crippen molar-refractivity contribution in [3.63, 3.8) is 0 Å². The first-order valence-corrected chi connectivity index (χ1v) is 8.59. The summed E-state index contributed by atoms with van der Waals surface area (Å²) in [5.74, 6) is 0. The van der Waals surface area contributed by atoms with Crippen LogP contribution in [0.3, 0.4) is 0 Å². The second-order valence-corrected chi connectivity index (χ2v) is 7.69. The molecule has 0 bridgehead atoms. The molecule has 1 amide bonds. The van der Waals surface area contributed by atoms with Crippen molar-refractivity contribution in [2.45, 2.75) is 57.3 Å². The summed E-state index contributed by atoms with van der Waals surface area (Å²) in [7, 11) is 0. The lowest BCUT2D eigenvalue weighted by atomic mass is 10.0. The molecule has 0 aromatic heterocycles. The molecule has 0 saturated carbocycles. The van der Waals surface area contributed by atoms with E-state index in [9.17, 15) is 4.79 Å². The first kappa shape index (κ1) is 18.4. The first-order chi connectivity index (χ1) is 10.8. The second-order valence-electron chi connectivity index (χ2n) is 7.69. The SMILES string of the molecule is CC(C)(C)N(C(=O)O)C1CNC1.NC1CN(C2CCOCC2)C1. The van der Waals surface area contributed by atoms with Gasteiger partial charge in [0.2, 0.25) is 0 Å². The number of ether oxygens (including phenoxy) is 1. The average Bonchev–Trinajstić information content (AvgIpc) is 2.39. The van der Waals surface area contributed by atoms with Gasteiger partial charge in [-0.3, -0.25) is 9.80 Å². The van der Waals surface area contributed by atoms with E-state index in [1.807, 2.05) is 20.8 Å². The zero-order valence-electron chi connectivity index (χ0n) is 14.6. The lowest BCUT2D eigenvalue weighted by Gasteiger charge is -2.44. The van der Waals surface area contributed by atoms with Gasteiger partial charge in [-0.15, -0.1) is 0 Å². The number of amides is 1. The van der Waals surface area contributed by atoms with Crippen LogP contribution >= 0.6 is 0 Å². The minimum absolute atomic E-state index is 0.155. The van der Waals surface area contributed by atoms with Crippen molar-refractivity contribution in [2.75, 3.05) is 39.4 Å². The molecule has 0 aromatic carbocycles. The summed E-state index contributed by atoms with van der Waals surface area (Å²) in [6.07, 6.45) is 1.58. The normalized spacial score (nSPS) is 24.2. The lowest BCUT2D eigenvalue weighted by molar-refractivity contribution is 0.00298. The first-order valence-electron chi connectivity index (χ1n) is 8.59. The van der Waals surface area contributed by atoms with Crippen LogP contribution in [0.15, 0.2) is 0 Å². The third-order valence-corrected chi connectivity index (χ3v) is 4.70. The molecule has 7 heteroatoms.